The van der Waals surface area contributed by atoms with Gasteiger partial charge in [-0.2, -0.15) is 0 Å². The van der Waals surface area contributed by atoms with Crippen molar-refractivity contribution >= 4 is 20.9 Å². The summed E-state index contributed by atoms with van der Waals surface area (Å²) in [5.41, 5.74) is 1.27. The first-order valence-electron chi connectivity index (χ1n) is 7.51. The van der Waals surface area contributed by atoms with Crippen molar-refractivity contribution in [1.82, 2.24) is 9.71 Å². The molecule has 2 unspecified atom stereocenters. The zero-order valence-corrected chi connectivity index (χ0v) is 13.3. The Morgan fingerprint density at radius 3 is 2.82 bits per heavy atom. The van der Waals surface area contributed by atoms with E-state index in [1.807, 2.05) is 25.1 Å². The fraction of sp³-hybridized carbons (Fsp3) is 0.438. The summed E-state index contributed by atoms with van der Waals surface area (Å²) in [7, 11) is -3.64. The SMILES string of the molecule is Cc1ccc2cccc(S(=O)(=O)NCC3CCCC3O)c2n1. The van der Waals surface area contributed by atoms with Gasteiger partial charge in [0.2, 0.25) is 10.0 Å². The third kappa shape index (κ3) is 2.99. The van der Waals surface area contributed by atoms with Crippen molar-refractivity contribution in [2.75, 3.05) is 6.54 Å². The molecule has 0 aliphatic heterocycles. The zero-order chi connectivity index (χ0) is 15.7. The molecule has 1 aliphatic carbocycles. The smallest absolute Gasteiger partial charge is 0.242 e. The number of para-hydroxylation sites is 1. The van der Waals surface area contributed by atoms with Gasteiger partial charge in [-0.25, -0.2) is 13.1 Å². The summed E-state index contributed by atoms with van der Waals surface area (Å²) in [4.78, 5) is 4.56. The maximum absolute atomic E-state index is 12.6. The number of sulfonamides is 1. The number of hydrogen-bond acceptors (Lipinski definition) is 4. The van der Waals surface area contributed by atoms with E-state index in [1.54, 1.807) is 12.1 Å². The maximum Gasteiger partial charge on any atom is 0.242 e. The van der Waals surface area contributed by atoms with Crippen LogP contribution >= 0.6 is 0 Å². The van der Waals surface area contributed by atoms with Gasteiger partial charge in [0.25, 0.3) is 0 Å². The van der Waals surface area contributed by atoms with Crippen LogP contribution in [0.4, 0.5) is 0 Å². The second-order valence-electron chi connectivity index (χ2n) is 5.89. The molecule has 1 saturated carbocycles. The highest BCUT2D eigenvalue weighted by Crippen LogP contribution is 2.26. The van der Waals surface area contributed by atoms with Gasteiger partial charge in [-0.05, 0) is 37.8 Å². The number of pyridine rings is 1. The van der Waals surface area contributed by atoms with Crippen molar-refractivity contribution in [3.8, 4) is 0 Å². The number of aromatic nitrogens is 1. The lowest BCUT2D eigenvalue weighted by Gasteiger charge is -2.16. The Morgan fingerprint density at radius 1 is 1.27 bits per heavy atom. The molecule has 1 aliphatic rings. The van der Waals surface area contributed by atoms with Crippen LogP contribution < -0.4 is 4.72 Å². The average molecular weight is 320 g/mol. The molecule has 2 atom stereocenters. The van der Waals surface area contributed by atoms with Crippen LogP contribution in [-0.2, 0) is 10.0 Å². The second kappa shape index (κ2) is 5.95. The molecule has 1 aromatic heterocycles. The predicted octanol–water partition coefficient (Wildman–Crippen LogP) is 1.98. The van der Waals surface area contributed by atoms with Crippen LogP contribution in [0.5, 0.6) is 0 Å². The molecule has 2 N–H and O–H groups in total. The van der Waals surface area contributed by atoms with E-state index < -0.39 is 16.1 Å². The van der Waals surface area contributed by atoms with E-state index >= 15 is 0 Å². The van der Waals surface area contributed by atoms with Crippen molar-refractivity contribution in [3.63, 3.8) is 0 Å². The molecule has 0 saturated heterocycles. The lowest BCUT2D eigenvalue weighted by atomic mass is 10.1. The molecule has 1 heterocycles. The van der Waals surface area contributed by atoms with Gasteiger partial charge < -0.3 is 5.11 Å². The molecular formula is C16H20N2O3S. The minimum absolute atomic E-state index is 0.000512. The van der Waals surface area contributed by atoms with Crippen LogP contribution in [-0.4, -0.2) is 31.2 Å². The van der Waals surface area contributed by atoms with Crippen molar-refractivity contribution in [3.05, 3.63) is 36.0 Å². The third-order valence-corrected chi connectivity index (χ3v) is 5.72. The first-order chi connectivity index (χ1) is 10.5. The lowest BCUT2D eigenvalue weighted by Crippen LogP contribution is -2.32. The number of aliphatic hydroxyl groups excluding tert-OH is 1. The number of aliphatic hydroxyl groups is 1. The van der Waals surface area contributed by atoms with E-state index in [2.05, 4.69) is 9.71 Å². The Balaban J connectivity index is 1.90. The van der Waals surface area contributed by atoms with Crippen LogP contribution in [0.1, 0.15) is 25.0 Å². The topological polar surface area (TPSA) is 79.3 Å². The summed E-state index contributed by atoms with van der Waals surface area (Å²) >= 11 is 0. The molecule has 1 aromatic carbocycles. The molecule has 0 radical (unpaired) electrons. The summed E-state index contributed by atoms with van der Waals surface area (Å²) in [6, 6.07) is 8.88. The highest BCUT2D eigenvalue weighted by atomic mass is 32.2. The van der Waals surface area contributed by atoms with Crippen LogP contribution in [0.15, 0.2) is 35.2 Å². The summed E-state index contributed by atoms with van der Waals surface area (Å²) < 4.78 is 27.8. The van der Waals surface area contributed by atoms with Crippen LogP contribution in [0.25, 0.3) is 10.9 Å². The van der Waals surface area contributed by atoms with Gasteiger partial charge in [0.1, 0.15) is 4.90 Å². The van der Waals surface area contributed by atoms with Crippen molar-refractivity contribution in [2.45, 2.75) is 37.2 Å². The largest absolute Gasteiger partial charge is 0.393 e. The number of rotatable bonds is 4. The Bertz CT molecular complexity index is 789. The first kappa shape index (κ1) is 15.4. The highest BCUT2D eigenvalue weighted by molar-refractivity contribution is 7.89. The van der Waals surface area contributed by atoms with E-state index in [1.165, 1.54) is 0 Å². The van der Waals surface area contributed by atoms with Gasteiger partial charge >= 0.3 is 0 Å². The van der Waals surface area contributed by atoms with E-state index in [4.69, 9.17) is 0 Å². The van der Waals surface area contributed by atoms with Crippen molar-refractivity contribution < 1.29 is 13.5 Å². The van der Waals surface area contributed by atoms with E-state index in [9.17, 15) is 13.5 Å². The molecule has 0 bridgehead atoms. The molecule has 5 nitrogen and oxygen atoms in total. The van der Waals surface area contributed by atoms with E-state index in [-0.39, 0.29) is 17.4 Å². The number of hydrogen-bond donors (Lipinski definition) is 2. The maximum atomic E-state index is 12.6. The molecule has 0 spiro atoms. The minimum Gasteiger partial charge on any atom is -0.393 e. The van der Waals surface area contributed by atoms with Crippen LogP contribution in [0, 0.1) is 12.8 Å². The van der Waals surface area contributed by atoms with Crippen molar-refractivity contribution in [2.24, 2.45) is 5.92 Å². The normalized spacial score (nSPS) is 22.3. The fourth-order valence-electron chi connectivity index (χ4n) is 2.98. The quantitative estimate of drug-likeness (QED) is 0.903. The number of benzene rings is 1. The van der Waals surface area contributed by atoms with Gasteiger partial charge in [-0.1, -0.05) is 24.6 Å². The molecule has 118 valence electrons. The van der Waals surface area contributed by atoms with E-state index in [0.717, 1.165) is 30.3 Å². The molecular weight excluding hydrogens is 300 g/mol. The second-order valence-corrected chi connectivity index (χ2v) is 7.63. The van der Waals surface area contributed by atoms with Crippen LogP contribution in [0.3, 0.4) is 0 Å². The summed E-state index contributed by atoms with van der Waals surface area (Å²) in [6.07, 6.45) is 2.15. The lowest BCUT2D eigenvalue weighted by molar-refractivity contribution is 0.134. The van der Waals surface area contributed by atoms with Crippen LogP contribution in [0.2, 0.25) is 0 Å². The van der Waals surface area contributed by atoms with E-state index in [0.29, 0.717) is 5.52 Å². The van der Waals surface area contributed by atoms with Gasteiger partial charge in [0.05, 0.1) is 11.6 Å². The zero-order valence-electron chi connectivity index (χ0n) is 12.5. The Labute approximate surface area is 130 Å². The molecule has 6 heteroatoms. The Morgan fingerprint density at radius 2 is 2.09 bits per heavy atom. The average Bonchev–Trinajstić information content (AvgIpc) is 2.90. The summed E-state index contributed by atoms with van der Waals surface area (Å²) in [5, 5.41) is 10.6. The number of nitrogens with one attached hydrogen (secondary N) is 1. The molecule has 22 heavy (non-hydrogen) atoms. The van der Waals surface area contributed by atoms with Gasteiger partial charge in [0.15, 0.2) is 0 Å². The van der Waals surface area contributed by atoms with Gasteiger partial charge in [0, 0.05) is 17.6 Å². The molecule has 2 aromatic rings. The minimum atomic E-state index is -3.64. The summed E-state index contributed by atoms with van der Waals surface area (Å²) in [6.45, 7) is 2.11. The fourth-order valence-corrected chi connectivity index (χ4v) is 4.25. The molecule has 1 fully saturated rings. The highest BCUT2D eigenvalue weighted by Gasteiger charge is 2.27. The number of fused-ring (bicyclic) bond motifs is 1. The number of aryl methyl sites for hydroxylation is 1. The monoisotopic (exact) mass is 320 g/mol. The van der Waals surface area contributed by atoms with Gasteiger partial charge in [-0.3, -0.25) is 4.98 Å². The number of nitrogens with zero attached hydrogens (tertiary/aromatic N) is 1. The summed E-state index contributed by atoms with van der Waals surface area (Å²) in [5.74, 6) is -0.000512. The Kier molecular flexibility index (Phi) is 4.16. The third-order valence-electron chi connectivity index (χ3n) is 4.27. The van der Waals surface area contributed by atoms with Crippen molar-refractivity contribution in [1.29, 1.82) is 0 Å². The standard InChI is InChI=1S/C16H20N2O3S/c1-11-8-9-12-4-3-7-15(16(12)18-11)22(20,21)17-10-13-5-2-6-14(13)19/h3-4,7-9,13-14,17,19H,2,5-6,10H2,1H3. The predicted molar refractivity (Wildman–Crippen MR) is 85.0 cm³/mol. The Hall–Kier alpha value is -1.50. The first-order valence-corrected chi connectivity index (χ1v) is 9.00. The van der Waals surface area contributed by atoms with Gasteiger partial charge in [-0.15, -0.1) is 0 Å². The molecule has 0 amide bonds. The molecule has 3 rings (SSSR count).